The third kappa shape index (κ3) is 4.23. The minimum absolute atomic E-state index is 0.0480. The van der Waals surface area contributed by atoms with Crippen molar-refractivity contribution in [3.63, 3.8) is 0 Å². The Kier molecular flexibility index (Phi) is 5.51. The third-order valence-electron chi connectivity index (χ3n) is 4.51. The lowest BCUT2D eigenvalue weighted by atomic mass is 10.1. The predicted molar refractivity (Wildman–Crippen MR) is 92.8 cm³/mol. The van der Waals surface area contributed by atoms with E-state index >= 15 is 0 Å². The average molecular weight is 390 g/mol. The Bertz CT molecular complexity index is 916. The molecule has 1 aliphatic heterocycles. The molecular weight excluding hydrogens is 373 g/mol. The lowest BCUT2D eigenvalue weighted by Gasteiger charge is -2.19. The number of carbonyl (C=O) groups is 1. The van der Waals surface area contributed by atoms with Crippen LogP contribution in [0.2, 0.25) is 0 Å². The molecule has 2 aromatic rings. The standard InChI is InChI=1S/C19H17F3N4O2/c1-2-18(27)25-10-16(26-9-14(7-23)8-24-26)17(11-25)28-12-13-4-3-5-15(6-13)19(20,21)22/h2-6,8-9,16-17H,1,10-12H2/t16-,17-/m1/s1. The van der Waals surface area contributed by atoms with Crippen molar-refractivity contribution < 1.29 is 22.7 Å². The molecule has 146 valence electrons. The molecule has 9 heteroatoms. The molecule has 0 radical (unpaired) electrons. The summed E-state index contributed by atoms with van der Waals surface area (Å²) in [6.07, 6.45) is -0.780. The van der Waals surface area contributed by atoms with E-state index in [2.05, 4.69) is 11.7 Å². The number of hydrogen-bond donors (Lipinski definition) is 0. The van der Waals surface area contributed by atoms with E-state index in [1.54, 1.807) is 16.9 Å². The Morgan fingerprint density at radius 1 is 1.43 bits per heavy atom. The second-order valence-electron chi connectivity index (χ2n) is 6.38. The normalized spacial score (nSPS) is 19.4. The SMILES string of the molecule is C=CC(=O)N1C[C@@H](n2cc(C#N)cn2)[C@H](OCc2cccc(C(F)(F)F)c2)C1. The van der Waals surface area contributed by atoms with Gasteiger partial charge in [-0.15, -0.1) is 0 Å². The van der Waals surface area contributed by atoms with Gasteiger partial charge in [-0.25, -0.2) is 0 Å². The molecule has 1 amide bonds. The van der Waals surface area contributed by atoms with E-state index < -0.39 is 17.8 Å². The van der Waals surface area contributed by atoms with Crippen LogP contribution in [0.1, 0.15) is 22.7 Å². The van der Waals surface area contributed by atoms with E-state index in [0.29, 0.717) is 17.7 Å². The van der Waals surface area contributed by atoms with Crippen molar-refractivity contribution in [3.8, 4) is 6.07 Å². The summed E-state index contributed by atoms with van der Waals surface area (Å²) in [4.78, 5) is 13.5. The molecule has 0 unspecified atom stereocenters. The lowest BCUT2D eigenvalue weighted by Crippen LogP contribution is -2.28. The summed E-state index contributed by atoms with van der Waals surface area (Å²) in [5.41, 5.74) is -0.00357. The van der Waals surface area contributed by atoms with Crippen LogP contribution in [0.25, 0.3) is 0 Å². The number of benzene rings is 1. The van der Waals surface area contributed by atoms with Gasteiger partial charge in [-0.05, 0) is 23.8 Å². The van der Waals surface area contributed by atoms with Gasteiger partial charge in [0.1, 0.15) is 6.07 Å². The first-order valence-electron chi connectivity index (χ1n) is 8.45. The van der Waals surface area contributed by atoms with Crippen molar-refractivity contribution in [1.29, 1.82) is 5.26 Å². The van der Waals surface area contributed by atoms with E-state index in [9.17, 15) is 18.0 Å². The van der Waals surface area contributed by atoms with Gasteiger partial charge in [-0.3, -0.25) is 9.48 Å². The zero-order chi connectivity index (χ0) is 20.3. The van der Waals surface area contributed by atoms with Gasteiger partial charge < -0.3 is 9.64 Å². The molecule has 0 aliphatic carbocycles. The number of halogens is 3. The average Bonchev–Trinajstić information content (AvgIpc) is 3.32. The highest BCUT2D eigenvalue weighted by Gasteiger charge is 2.37. The van der Waals surface area contributed by atoms with Crippen molar-refractivity contribution in [2.45, 2.75) is 24.9 Å². The van der Waals surface area contributed by atoms with Crippen LogP contribution in [-0.2, 0) is 22.3 Å². The molecule has 1 fully saturated rings. The van der Waals surface area contributed by atoms with Gasteiger partial charge in [-0.2, -0.15) is 23.5 Å². The van der Waals surface area contributed by atoms with Gasteiger partial charge in [0.15, 0.2) is 0 Å². The van der Waals surface area contributed by atoms with Crippen LogP contribution in [0, 0.1) is 11.3 Å². The van der Waals surface area contributed by atoms with Gasteiger partial charge in [0.25, 0.3) is 0 Å². The summed E-state index contributed by atoms with van der Waals surface area (Å²) in [6.45, 7) is 3.96. The monoisotopic (exact) mass is 390 g/mol. The van der Waals surface area contributed by atoms with Crippen LogP contribution < -0.4 is 0 Å². The number of aromatic nitrogens is 2. The summed E-state index contributed by atoms with van der Waals surface area (Å²) in [6, 6.07) is 6.53. The van der Waals surface area contributed by atoms with Crippen LogP contribution in [0.4, 0.5) is 13.2 Å². The molecule has 0 N–H and O–H groups in total. The number of alkyl halides is 3. The summed E-state index contributed by atoms with van der Waals surface area (Å²) < 4.78 is 46.0. The Morgan fingerprint density at radius 2 is 2.21 bits per heavy atom. The Hall–Kier alpha value is -3.12. The van der Waals surface area contributed by atoms with Gasteiger partial charge in [0, 0.05) is 19.3 Å². The quantitative estimate of drug-likeness (QED) is 0.736. The molecular formula is C19H17F3N4O2. The molecule has 28 heavy (non-hydrogen) atoms. The van der Waals surface area contributed by atoms with Crippen LogP contribution in [0.3, 0.4) is 0 Å². The van der Waals surface area contributed by atoms with E-state index in [4.69, 9.17) is 10.00 Å². The van der Waals surface area contributed by atoms with E-state index in [1.807, 2.05) is 6.07 Å². The first kappa shape index (κ1) is 19.6. The molecule has 1 saturated heterocycles. The number of nitriles is 1. The van der Waals surface area contributed by atoms with Gasteiger partial charge in [-0.1, -0.05) is 18.7 Å². The van der Waals surface area contributed by atoms with Crippen LogP contribution in [0.15, 0.2) is 49.3 Å². The van der Waals surface area contributed by atoms with Gasteiger partial charge in [0.05, 0.1) is 36.1 Å². The van der Waals surface area contributed by atoms with Crippen LogP contribution in [-0.4, -0.2) is 39.8 Å². The number of nitrogens with zero attached hydrogens (tertiary/aromatic N) is 4. The zero-order valence-corrected chi connectivity index (χ0v) is 14.8. The van der Waals surface area contributed by atoms with E-state index in [1.165, 1.54) is 23.2 Å². The number of hydrogen-bond acceptors (Lipinski definition) is 4. The highest BCUT2D eigenvalue weighted by Crippen LogP contribution is 2.30. The largest absolute Gasteiger partial charge is 0.416 e. The fraction of sp³-hybridized carbons (Fsp3) is 0.316. The Labute approximate surface area is 159 Å². The highest BCUT2D eigenvalue weighted by molar-refractivity contribution is 5.87. The lowest BCUT2D eigenvalue weighted by molar-refractivity contribution is -0.137. The van der Waals surface area contributed by atoms with E-state index in [0.717, 1.165) is 12.1 Å². The van der Waals surface area contributed by atoms with Crippen molar-refractivity contribution >= 4 is 5.91 Å². The maximum Gasteiger partial charge on any atom is 0.416 e. The van der Waals surface area contributed by atoms with Gasteiger partial charge in [0.2, 0.25) is 5.91 Å². The zero-order valence-electron chi connectivity index (χ0n) is 14.8. The summed E-state index contributed by atoms with van der Waals surface area (Å²) in [5, 5.41) is 13.1. The fourth-order valence-corrected chi connectivity index (χ4v) is 3.10. The van der Waals surface area contributed by atoms with Crippen LogP contribution in [0.5, 0.6) is 0 Å². The third-order valence-corrected chi connectivity index (χ3v) is 4.51. The number of amides is 1. The second-order valence-corrected chi connectivity index (χ2v) is 6.38. The van der Waals surface area contributed by atoms with Gasteiger partial charge >= 0.3 is 6.18 Å². The molecule has 1 aromatic carbocycles. The van der Waals surface area contributed by atoms with Crippen molar-refractivity contribution in [3.05, 3.63) is 66.0 Å². The maximum absolute atomic E-state index is 12.9. The maximum atomic E-state index is 12.9. The van der Waals surface area contributed by atoms with E-state index in [-0.39, 0.29) is 25.1 Å². The molecule has 1 aliphatic rings. The number of ether oxygens (including phenoxy) is 1. The number of carbonyl (C=O) groups excluding carboxylic acids is 1. The molecule has 1 aromatic heterocycles. The highest BCUT2D eigenvalue weighted by atomic mass is 19.4. The van der Waals surface area contributed by atoms with Crippen molar-refractivity contribution in [2.24, 2.45) is 0 Å². The smallest absolute Gasteiger partial charge is 0.369 e. The first-order valence-corrected chi connectivity index (χ1v) is 8.45. The first-order chi connectivity index (χ1) is 13.3. The molecule has 3 rings (SSSR count). The minimum Gasteiger partial charge on any atom is -0.369 e. The van der Waals surface area contributed by atoms with Crippen molar-refractivity contribution in [2.75, 3.05) is 13.1 Å². The molecule has 2 atom stereocenters. The molecule has 0 spiro atoms. The predicted octanol–water partition coefficient (Wildman–Crippen LogP) is 2.93. The minimum atomic E-state index is -4.43. The van der Waals surface area contributed by atoms with Crippen LogP contribution >= 0.6 is 0 Å². The number of likely N-dealkylation sites (tertiary alicyclic amines) is 1. The van der Waals surface area contributed by atoms with Crippen molar-refractivity contribution in [1.82, 2.24) is 14.7 Å². The molecule has 6 nitrogen and oxygen atoms in total. The molecule has 0 bridgehead atoms. The summed E-state index contributed by atoms with van der Waals surface area (Å²) in [7, 11) is 0. The summed E-state index contributed by atoms with van der Waals surface area (Å²) >= 11 is 0. The fourth-order valence-electron chi connectivity index (χ4n) is 3.10. The Morgan fingerprint density at radius 3 is 2.86 bits per heavy atom. The molecule has 2 heterocycles. The molecule has 0 saturated carbocycles. The Balaban J connectivity index is 1.77. The summed E-state index contributed by atoms with van der Waals surface area (Å²) in [5.74, 6) is -0.275. The second kappa shape index (κ2) is 7.86. The number of rotatable bonds is 5. The topological polar surface area (TPSA) is 71.2 Å².